The average molecular weight is 615 g/mol. The Morgan fingerprint density at radius 2 is 1.68 bits per heavy atom. The van der Waals surface area contributed by atoms with E-state index >= 15 is 0 Å². The van der Waals surface area contributed by atoms with Crippen LogP contribution in [0.15, 0.2) is 0 Å². The van der Waals surface area contributed by atoms with Crippen molar-refractivity contribution in [2.75, 3.05) is 20.1 Å². The van der Waals surface area contributed by atoms with Crippen molar-refractivity contribution >= 4 is 12.2 Å². The van der Waals surface area contributed by atoms with Crippen molar-refractivity contribution in [2.45, 2.75) is 137 Å². The molecule has 7 aliphatic rings. The first-order valence-corrected chi connectivity index (χ1v) is 17.9. The molecular weight excluding hydrogens is 556 g/mol. The molecule has 2 heterocycles. The Morgan fingerprint density at radius 3 is 2.32 bits per heavy atom. The Labute approximate surface area is 264 Å². The lowest BCUT2D eigenvalue weighted by Gasteiger charge is -2.63. The Morgan fingerprint density at radius 1 is 1.00 bits per heavy atom. The number of fused-ring (bicyclic) bond motifs is 4. The summed E-state index contributed by atoms with van der Waals surface area (Å²) in [5.74, 6) is 1.75. The molecule has 0 aromatic heterocycles. The molecule has 2 amide bonds. The molecule has 248 valence electrons. The first kappa shape index (κ1) is 31.1. The number of nitrogens with zero attached hydrogens (tertiary/aromatic N) is 1. The molecule has 8 nitrogen and oxygen atoms in total. The second-order valence-electron chi connectivity index (χ2n) is 17.6. The first-order valence-electron chi connectivity index (χ1n) is 17.9. The maximum absolute atomic E-state index is 12.9. The normalized spacial score (nSPS) is 50.5. The summed E-state index contributed by atoms with van der Waals surface area (Å²) < 4.78 is 19.0. The lowest BCUT2D eigenvalue weighted by molar-refractivity contribution is -0.185. The minimum atomic E-state index is -0.547. The molecular formula is C36H58N2O6. The molecule has 7 rings (SSSR count). The molecule has 2 aliphatic heterocycles. The van der Waals surface area contributed by atoms with Gasteiger partial charge in [0.2, 0.25) is 0 Å². The van der Waals surface area contributed by atoms with Gasteiger partial charge in [0.25, 0.3) is 0 Å². The van der Waals surface area contributed by atoms with Gasteiger partial charge in [-0.25, -0.2) is 9.59 Å². The standard InChI is InChI=1S/C36H58N2O6/c1-20(2)27(44-30(40)37-8)22-18-21(3)26-28(42-22)29(39)34(7)24-11-10-23-32(4,5)25(43-31(41)38-16-9-17-38)12-13-35(23)19-36(24,35)15-14-33(26,34)6/h20-29,39H,9-19H2,1-8H3,(H,37,40)/t21-,22-,23+,24+,25+,26+,27-,28+,29+,33-,34-,35-,36+/m1/s1. The third-order valence-corrected chi connectivity index (χ3v) is 15.6. The van der Waals surface area contributed by atoms with E-state index in [-0.39, 0.29) is 69.4 Å². The summed E-state index contributed by atoms with van der Waals surface area (Å²) in [4.78, 5) is 27.0. The molecule has 44 heavy (non-hydrogen) atoms. The number of likely N-dealkylation sites (tertiary alicyclic amines) is 1. The Hall–Kier alpha value is -1.54. The predicted molar refractivity (Wildman–Crippen MR) is 167 cm³/mol. The first-order chi connectivity index (χ1) is 20.7. The lowest BCUT2D eigenvalue weighted by atomic mass is 9.41. The maximum atomic E-state index is 12.9. The van der Waals surface area contributed by atoms with Crippen LogP contribution in [0.1, 0.15) is 106 Å². The highest BCUT2D eigenvalue weighted by molar-refractivity contribution is 5.68. The minimum absolute atomic E-state index is 0.0115. The number of amides is 2. The van der Waals surface area contributed by atoms with Crippen molar-refractivity contribution in [3.05, 3.63) is 0 Å². The van der Waals surface area contributed by atoms with Crippen molar-refractivity contribution in [3.63, 3.8) is 0 Å². The number of carbonyl (C=O) groups excluding carboxylic acids is 2. The second-order valence-corrected chi connectivity index (χ2v) is 17.6. The van der Waals surface area contributed by atoms with E-state index in [9.17, 15) is 14.7 Å². The maximum Gasteiger partial charge on any atom is 0.410 e. The van der Waals surface area contributed by atoms with Crippen LogP contribution in [0.25, 0.3) is 0 Å². The number of rotatable bonds is 4. The van der Waals surface area contributed by atoms with Crippen LogP contribution in [-0.2, 0) is 14.2 Å². The molecule has 5 saturated carbocycles. The van der Waals surface area contributed by atoms with E-state index in [2.05, 4.69) is 53.8 Å². The van der Waals surface area contributed by atoms with Gasteiger partial charge in [-0.3, -0.25) is 0 Å². The molecule has 5 aliphatic carbocycles. The third-order valence-electron chi connectivity index (χ3n) is 15.6. The molecule has 0 aromatic rings. The fourth-order valence-corrected chi connectivity index (χ4v) is 13.3. The van der Waals surface area contributed by atoms with Crippen LogP contribution in [0.4, 0.5) is 9.59 Å². The quantitative estimate of drug-likeness (QED) is 0.381. The molecule has 2 saturated heterocycles. The summed E-state index contributed by atoms with van der Waals surface area (Å²) in [5.41, 5.74) is 0.239. The number of aliphatic hydroxyl groups excluding tert-OH is 1. The molecule has 0 radical (unpaired) electrons. The lowest BCUT2D eigenvalue weighted by Crippen LogP contribution is -2.60. The highest BCUT2D eigenvalue weighted by Gasteiger charge is 2.84. The topological polar surface area (TPSA) is 97.3 Å². The van der Waals surface area contributed by atoms with Crippen LogP contribution >= 0.6 is 0 Å². The number of nitrogens with one attached hydrogen (secondary N) is 1. The summed E-state index contributed by atoms with van der Waals surface area (Å²) >= 11 is 0. The number of ether oxygens (including phenoxy) is 3. The monoisotopic (exact) mass is 614 g/mol. The van der Waals surface area contributed by atoms with Crippen molar-refractivity contribution < 1.29 is 28.9 Å². The van der Waals surface area contributed by atoms with Gasteiger partial charge in [0.05, 0.1) is 18.3 Å². The molecule has 0 bridgehead atoms. The molecule has 2 spiro atoms. The zero-order valence-electron chi connectivity index (χ0n) is 28.5. The molecule has 13 atom stereocenters. The van der Waals surface area contributed by atoms with Gasteiger partial charge in [-0.2, -0.15) is 0 Å². The van der Waals surface area contributed by atoms with Crippen molar-refractivity contribution in [1.29, 1.82) is 0 Å². The van der Waals surface area contributed by atoms with Crippen LogP contribution in [0.3, 0.4) is 0 Å². The van der Waals surface area contributed by atoms with Crippen LogP contribution in [-0.4, -0.2) is 72.8 Å². The van der Waals surface area contributed by atoms with Gasteiger partial charge < -0.3 is 29.5 Å². The number of hydrogen-bond acceptors (Lipinski definition) is 6. The SMILES string of the molecule is CNC(=O)O[C@H](C(C)C)[C@H]1C[C@@H](C)[C@H]2[C@H](O1)[C@H](O)[C@@]1(C)[C@@H]3CC[C@H]4C(C)(C)[C@@H](OC(=O)N5CCC5)CC[C@@]45C[C@@]35CC[C@]21C. The highest BCUT2D eigenvalue weighted by atomic mass is 16.6. The Bertz CT molecular complexity index is 1190. The van der Waals surface area contributed by atoms with Crippen molar-refractivity contribution in [3.8, 4) is 0 Å². The zero-order chi connectivity index (χ0) is 31.6. The Kier molecular flexibility index (Phi) is 7.05. The van der Waals surface area contributed by atoms with Gasteiger partial charge in [0, 0.05) is 31.0 Å². The highest BCUT2D eigenvalue weighted by Crippen LogP contribution is 2.89. The van der Waals surface area contributed by atoms with E-state index < -0.39 is 12.2 Å². The summed E-state index contributed by atoms with van der Waals surface area (Å²) in [7, 11) is 1.59. The summed E-state index contributed by atoms with van der Waals surface area (Å²) in [6, 6.07) is 0. The average Bonchev–Trinajstić information content (AvgIpc) is 3.56. The van der Waals surface area contributed by atoms with E-state index in [4.69, 9.17) is 14.2 Å². The fraction of sp³-hybridized carbons (Fsp3) is 0.944. The smallest absolute Gasteiger partial charge is 0.410 e. The van der Waals surface area contributed by atoms with Crippen molar-refractivity contribution in [2.24, 2.45) is 56.7 Å². The van der Waals surface area contributed by atoms with Gasteiger partial charge in [0.15, 0.2) is 0 Å². The number of carbonyl (C=O) groups is 2. The van der Waals surface area contributed by atoms with Crippen LogP contribution in [0.2, 0.25) is 0 Å². The number of aliphatic hydroxyl groups is 1. The molecule has 2 N–H and O–H groups in total. The van der Waals surface area contributed by atoms with E-state index in [0.29, 0.717) is 17.8 Å². The number of alkyl carbamates (subject to hydrolysis) is 1. The number of hydrogen-bond donors (Lipinski definition) is 2. The summed E-state index contributed by atoms with van der Waals surface area (Å²) in [6.07, 6.45) is 7.94. The molecule has 0 aromatic carbocycles. The van der Waals surface area contributed by atoms with E-state index in [1.54, 1.807) is 7.05 Å². The second kappa shape index (κ2) is 9.98. The Balaban J connectivity index is 1.15. The van der Waals surface area contributed by atoms with Crippen molar-refractivity contribution in [1.82, 2.24) is 10.2 Å². The van der Waals surface area contributed by atoms with E-state index in [1.165, 1.54) is 12.8 Å². The molecule has 7 fully saturated rings. The van der Waals surface area contributed by atoms with Crippen LogP contribution < -0.4 is 5.32 Å². The molecule has 8 heteroatoms. The van der Waals surface area contributed by atoms with Crippen LogP contribution in [0, 0.1) is 56.7 Å². The van der Waals surface area contributed by atoms with E-state index in [0.717, 1.165) is 58.0 Å². The van der Waals surface area contributed by atoms with Gasteiger partial charge in [-0.05, 0) is 104 Å². The van der Waals surface area contributed by atoms with E-state index in [1.807, 2.05) is 4.90 Å². The minimum Gasteiger partial charge on any atom is -0.446 e. The largest absolute Gasteiger partial charge is 0.446 e. The fourth-order valence-electron chi connectivity index (χ4n) is 13.3. The van der Waals surface area contributed by atoms with Crippen LogP contribution in [0.5, 0.6) is 0 Å². The van der Waals surface area contributed by atoms with Gasteiger partial charge in [0.1, 0.15) is 12.2 Å². The van der Waals surface area contributed by atoms with Gasteiger partial charge in [-0.1, -0.05) is 48.5 Å². The third kappa shape index (κ3) is 3.82. The summed E-state index contributed by atoms with van der Waals surface area (Å²) in [5, 5.41) is 15.1. The van der Waals surface area contributed by atoms with Gasteiger partial charge in [-0.15, -0.1) is 0 Å². The summed E-state index contributed by atoms with van der Waals surface area (Å²) in [6.45, 7) is 17.8. The predicted octanol–water partition coefficient (Wildman–Crippen LogP) is 6.39. The zero-order valence-corrected chi connectivity index (χ0v) is 28.5. The van der Waals surface area contributed by atoms with Gasteiger partial charge >= 0.3 is 12.2 Å². The molecule has 0 unspecified atom stereocenters.